The maximum Gasteiger partial charge on any atom is 0.221 e. The number of hydrogen-bond acceptors (Lipinski definition) is 4. The van der Waals surface area contributed by atoms with E-state index in [-0.39, 0.29) is 0 Å². The molecule has 0 amide bonds. The molecule has 3 aliphatic rings. The number of hydrogen-bond donors (Lipinski definition) is 2. The molecule has 0 aromatic carbocycles. The molecule has 2 unspecified atom stereocenters. The van der Waals surface area contributed by atoms with Crippen LogP contribution in [0.4, 0.5) is 5.95 Å². The Kier molecular flexibility index (Phi) is 3.17. The number of nitrogens with two attached hydrogens (primary N) is 1. The van der Waals surface area contributed by atoms with Gasteiger partial charge in [-0.1, -0.05) is 12.8 Å². The van der Waals surface area contributed by atoms with Crippen LogP contribution in [0.1, 0.15) is 69.2 Å². The molecule has 110 valence electrons. The van der Waals surface area contributed by atoms with Gasteiger partial charge in [-0.2, -0.15) is 10.1 Å². The predicted molar refractivity (Wildman–Crippen MR) is 78.7 cm³/mol. The van der Waals surface area contributed by atoms with Gasteiger partial charge in [-0.3, -0.25) is 0 Å². The maximum absolute atomic E-state index is 6.00. The second-order valence-electron chi connectivity index (χ2n) is 6.84. The van der Waals surface area contributed by atoms with Crippen molar-refractivity contribution in [2.75, 3.05) is 11.9 Å². The molecule has 2 aliphatic carbocycles. The minimum atomic E-state index is 0.393. The minimum Gasteiger partial charge on any atom is -0.354 e. The average molecular weight is 275 g/mol. The monoisotopic (exact) mass is 275 g/mol. The van der Waals surface area contributed by atoms with E-state index in [0.29, 0.717) is 18.0 Å². The third-order valence-corrected chi connectivity index (χ3v) is 5.49. The van der Waals surface area contributed by atoms with Gasteiger partial charge in [-0.25, -0.2) is 4.68 Å². The molecule has 0 radical (unpaired) electrons. The molecule has 2 fully saturated rings. The zero-order chi connectivity index (χ0) is 13.5. The lowest BCUT2D eigenvalue weighted by atomic mass is 9.84. The van der Waals surface area contributed by atoms with Gasteiger partial charge in [0.15, 0.2) is 5.82 Å². The van der Waals surface area contributed by atoms with Gasteiger partial charge in [-0.05, 0) is 44.4 Å². The molecule has 0 bridgehead atoms. The van der Waals surface area contributed by atoms with Gasteiger partial charge in [0.05, 0.1) is 6.04 Å². The summed E-state index contributed by atoms with van der Waals surface area (Å²) in [6.45, 7) is 1.08. The second-order valence-corrected chi connectivity index (χ2v) is 6.84. The zero-order valence-corrected chi connectivity index (χ0v) is 12.1. The Hall–Kier alpha value is -1.10. The third-order valence-electron chi connectivity index (χ3n) is 5.49. The Bertz CT molecular complexity index is 475. The topological polar surface area (TPSA) is 68.8 Å². The van der Waals surface area contributed by atoms with Gasteiger partial charge in [0, 0.05) is 18.5 Å². The summed E-state index contributed by atoms with van der Waals surface area (Å²) in [6, 6.07) is 0.983. The lowest BCUT2D eigenvalue weighted by Gasteiger charge is -2.36. The van der Waals surface area contributed by atoms with E-state index in [1.807, 2.05) is 0 Å². The first-order chi connectivity index (χ1) is 9.81. The van der Waals surface area contributed by atoms with Crippen LogP contribution in [0.5, 0.6) is 0 Å². The number of aromatic nitrogens is 3. The molecule has 5 heteroatoms. The molecule has 4 rings (SSSR count). The van der Waals surface area contributed by atoms with Crippen LogP contribution in [0.3, 0.4) is 0 Å². The summed E-state index contributed by atoms with van der Waals surface area (Å²) in [5.74, 6) is 3.35. The standard InChI is InChI=1S/C15H25N5/c16-12-7-5-10(6-8-12)14-18-15-17-9-11-3-1-2-4-13(11)20(15)19-14/h10-13H,1-9,16H2,(H,17,18,19). The van der Waals surface area contributed by atoms with Gasteiger partial charge in [0.2, 0.25) is 5.95 Å². The SMILES string of the molecule is NC1CCC(c2nc3n(n2)C2CCCCC2CN3)CC1. The molecule has 2 saturated carbocycles. The Morgan fingerprint density at radius 2 is 1.85 bits per heavy atom. The quantitative estimate of drug-likeness (QED) is 0.826. The van der Waals surface area contributed by atoms with E-state index in [4.69, 9.17) is 15.8 Å². The molecule has 0 spiro atoms. The van der Waals surface area contributed by atoms with E-state index >= 15 is 0 Å². The lowest BCUT2D eigenvalue weighted by Crippen LogP contribution is -2.35. The van der Waals surface area contributed by atoms with Crippen LogP contribution >= 0.6 is 0 Å². The first kappa shape index (κ1) is 12.6. The number of anilines is 1. The highest BCUT2D eigenvalue weighted by Gasteiger charge is 2.34. The van der Waals surface area contributed by atoms with Crippen molar-refractivity contribution in [1.29, 1.82) is 0 Å². The third kappa shape index (κ3) is 2.12. The molecule has 1 aromatic heterocycles. The van der Waals surface area contributed by atoms with Gasteiger partial charge in [-0.15, -0.1) is 0 Å². The molecule has 20 heavy (non-hydrogen) atoms. The van der Waals surface area contributed by atoms with Crippen LogP contribution in [0.15, 0.2) is 0 Å². The largest absolute Gasteiger partial charge is 0.354 e. The number of nitrogens with one attached hydrogen (secondary N) is 1. The van der Waals surface area contributed by atoms with Crippen molar-refractivity contribution in [3.05, 3.63) is 5.82 Å². The molecule has 0 saturated heterocycles. The zero-order valence-electron chi connectivity index (χ0n) is 12.1. The maximum atomic E-state index is 6.00. The smallest absolute Gasteiger partial charge is 0.221 e. The van der Waals surface area contributed by atoms with Crippen molar-refractivity contribution in [1.82, 2.24) is 14.8 Å². The van der Waals surface area contributed by atoms with Crippen molar-refractivity contribution in [3.63, 3.8) is 0 Å². The molecule has 3 N–H and O–H groups in total. The predicted octanol–water partition coefficient (Wildman–Crippen LogP) is 2.42. The highest BCUT2D eigenvalue weighted by molar-refractivity contribution is 5.30. The average Bonchev–Trinajstić information content (AvgIpc) is 2.92. The van der Waals surface area contributed by atoms with E-state index in [1.165, 1.54) is 25.7 Å². The molecule has 1 aliphatic heterocycles. The fourth-order valence-corrected chi connectivity index (χ4v) is 4.21. The summed E-state index contributed by atoms with van der Waals surface area (Å²) in [5, 5.41) is 8.38. The summed E-state index contributed by atoms with van der Waals surface area (Å²) in [4.78, 5) is 4.79. The van der Waals surface area contributed by atoms with Gasteiger partial charge in [0.1, 0.15) is 0 Å². The Morgan fingerprint density at radius 3 is 2.70 bits per heavy atom. The van der Waals surface area contributed by atoms with Gasteiger partial charge < -0.3 is 11.1 Å². The van der Waals surface area contributed by atoms with E-state index < -0.39 is 0 Å². The molecular formula is C15H25N5. The molecular weight excluding hydrogens is 250 g/mol. The molecule has 1 aromatic rings. The number of nitrogens with zero attached hydrogens (tertiary/aromatic N) is 3. The summed E-state index contributed by atoms with van der Waals surface area (Å²) in [7, 11) is 0. The van der Waals surface area contributed by atoms with E-state index in [2.05, 4.69) is 10.00 Å². The van der Waals surface area contributed by atoms with Crippen LogP contribution in [0, 0.1) is 5.92 Å². The fourth-order valence-electron chi connectivity index (χ4n) is 4.21. The van der Waals surface area contributed by atoms with Crippen LogP contribution in [0.25, 0.3) is 0 Å². The first-order valence-electron chi connectivity index (χ1n) is 8.27. The van der Waals surface area contributed by atoms with Crippen molar-refractivity contribution in [2.45, 2.75) is 69.4 Å². The normalized spacial score (nSPS) is 36.9. The van der Waals surface area contributed by atoms with Crippen LogP contribution in [-0.2, 0) is 0 Å². The van der Waals surface area contributed by atoms with E-state index in [1.54, 1.807) is 0 Å². The lowest BCUT2D eigenvalue weighted by molar-refractivity contribution is 0.220. The Morgan fingerprint density at radius 1 is 1.05 bits per heavy atom. The first-order valence-corrected chi connectivity index (χ1v) is 8.27. The second kappa shape index (κ2) is 5.02. The van der Waals surface area contributed by atoms with Crippen molar-refractivity contribution in [3.8, 4) is 0 Å². The van der Waals surface area contributed by atoms with Crippen molar-refractivity contribution in [2.24, 2.45) is 11.7 Å². The van der Waals surface area contributed by atoms with Crippen LogP contribution in [0.2, 0.25) is 0 Å². The molecule has 5 nitrogen and oxygen atoms in total. The van der Waals surface area contributed by atoms with Crippen LogP contribution in [-0.4, -0.2) is 27.4 Å². The number of fused-ring (bicyclic) bond motifs is 3. The van der Waals surface area contributed by atoms with Crippen molar-refractivity contribution >= 4 is 5.95 Å². The van der Waals surface area contributed by atoms with Crippen LogP contribution < -0.4 is 11.1 Å². The Labute approximate surface area is 120 Å². The summed E-state index contributed by atoms with van der Waals surface area (Å²) >= 11 is 0. The fraction of sp³-hybridized carbons (Fsp3) is 0.867. The minimum absolute atomic E-state index is 0.393. The highest BCUT2D eigenvalue weighted by Crippen LogP contribution is 2.39. The van der Waals surface area contributed by atoms with Crippen molar-refractivity contribution < 1.29 is 0 Å². The van der Waals surface area contributed by atoms with Gasteiger partial charge in [0.25, 0.3) is 0 Å². The summed E-state index contributed by atoms with van der Waals surface area (Å²) in [5.41, 5.74) is 6.00. The molecule has 2 heterocycles. The molecule has 2 atom stereocenters. The van der Waals surface area contributed by atoms with E-state index in [9.17, 15) is 0 Å². The highest BCUT2D eigenvalue weighted by atomic mass is 15.4. The summed E-state index contributed by atoms with van der Waals surface area (Å²) in [6.07, 6.45) is 9.87. The summed E-state index contributed by atoms with van der Waals surface area (Å²) < 4.78 is 2.21. The van der Waals surface area contributed by atoms with Gasteiger partial charge >= 0.3 is 0 Å². The Balaban J connectivity index is 1.57. The number of rotatable bonds is 1. The van der Waals surface area contributed by atoms with E-state index in [0.717, 1.165) is 49.9 Å².